The molecule has 0 radical (unpaired) electrons. The van der Waals surface area contributed by atoms with Crippen LogP contribution in [-0.4, -0.2) is 32.1 Å². The Labute approximate surface area is 162 Å². The summed E-state index contributed by atoms with van der Waals surface area (Å²) in [5.74, 6) is 1.46. The number of carbonyl (C=O) groups excluding carboxylic acids is 2. The monoisotopic (exact) mass is 380 g/mol. The average Bonchev–Trinajstić information content (AvgIpc) is 3.22. The number of Topliss-reactive ketones (excluding diaryl/α,β-unsaturated/α-hetero) is 1. The molecule has 0 saturated carbocycles. The van der Waals surface area contributed by atoms with E-state index < -0.39 is 5.97 Å². The zero-order chi connectivity index (χ0) is 19.9. The van der Waals surface area contributed by atoms with Crippen LogP contribution in [0.15, 0.2) is 65.1 Å². The Bertz CT molecular complexity index is 938. The van der Waals surface area contributed by atoms with E-state index in [1.54, 1.807) is 67.8 Å². The highest BCUT2D eigenvalue weighted by molar-refractivity contribution is 5.94. The van der Waals surface area contributed by atoms with Gasteiger partial charge in [-0.15, -0.1) is 0 Å². The highest BCUT2D eigenvalue weighted by Gasteiger charge is 2.14. The van der Waals surface area contributed by atoms with Gasteiger partial charge in [0.25, 0.3) is 0 Å². The van der Waals surface area contributed by atoms with E-state index in [1.807, 2.05) is 0 Å². The first kappa shape index (κ1) is 19.2. The molecule has 28 heavy (non-hydrogen) atoms. The molecule has 144 valence electrons. The van der Waals surface area contributed by atoms with Gasteiger partial charge in [0.05, 0.1) is 7.11 Å². The van der Waals surface area contributed by atoms with Gasteiger partial charge in [-0.1, -0.05) is 24.3 Å². The van der Waals surface area contributed by atoms with E-state index in [0.717, 1.165) is 11.3 Å². The molecular weight excluding hydrogens is 360 g/mol. The first-order valence-corrected chi connectivity index (χ1v) is 8.72. The minimum absolute atomic E-state index is 0.00730. The van der Waals surface area contributed by atoms with Crippen LogP contribution in [0.5, 0.6) is 11.5 Å². The molecule has 0 aliphatic carbocycles. The maximum absolute atomic E-state index is 12.1. The fourth-order valence-electron chi connectivity index (χ4n) is 2.51. The van der Waals surface area contributed by atoms with Crippen molar-refractivity contribution in [1.29, 1.82) is 0 Å². The van der Waals surface area contributed by atoms with Crippen molar-refractivity contribution in [2.24, 2.45) is 0 Å². The molecular formula is C22H20O6. The molecule has 3 aromatic rings. The molecule has 0 N–H and O–H groups in total. The lowest BCUT2D eigenvalue weighted by Crippen LogP contribution is -2.11. The summed E-state index contributed by atoms with van der Waals surface area (Å²) in [7, 11) is 1.59. The van der Waals surface area contributed by atoms with E-state index >= 15 is 0 Å². The van der Waals surface area contributed by atoms with Crippen LogP contribution in [0.1, 0.15) is 27.8 Å². The molecule has 2 aromatic carbocycles. The Morgan fingerprint density at radius 1 is 0.857 bits per heavy atom. The van der Waals surface area contributed by atoms with Gasteiger partial charge in [0, 0.05) is 11.1 Å². The van der Waals surface area contributed by atoms with E-state index in [0.29, 0.717) is 17.1 Å². The molecule has 0 spiro atoms. The molecule has 0 fully saturated rings. The number of furan rings is 1. The Morgan fingerprint density at radius 3 is 2.18 bits per heavy atom. The van der Waals surface area contributed by atoms with E-state index in [9.17, 15) is 9.59 Å². The quantitative estimate of drug-likeness (QED) is 0.328. The molecule has 0 aliphatic heterocycles. The molecule has 0 bridgehead atoms. The highest BCUT2D eigenvalue weighted by atomic mass is 16.6. The van der Waals surface area contributed by atoms with E-state index in [4.69, 9.17) is 18.6 Å². The van der Waals surface area contributed by atoms with Gasteiger partial charge in [-0.25, -0.2) is 4.79 Å². The third kappa shape index (κ3) is 4.79. The lowest BCUT2D eigenvalue weighted by atomic mass is 10.1. The van der Waals surface area contributed by atoms with Gasteiger partial charge in [-0.2, -0.15) is 0 Å². The predicted octanol–water partition coefficient (Wildman–Crippen LogP) is 4.39. The Morgan fingerprint density at radius 2 is 1.54 bits per heavy atom. The van der Waals surface area contributed by atoms with Crippen LogP contribution in [0.25, 0.3) is 11.3 Å². The standard InChI is InChI=1S/C22H20O6/c1-15(23)16-3-5-17(6-4-16)20-11-12-21(28-20)22(24)27-14-13-26-19-9-7-18(25-2)8-10-19/h3-12H,13-14H2,1-2H3. The van der Waals surface area contributed by atoms with Crippen LogP contribution in [0, 0.1) is 0 Å². The fourth-order valence-corrected chi connectivity index (χ4v) is 2.51. The number of rotatable bonds is 8. The highest BCUT2D eigenvalue weighted by Crippen LogP contribution is 2.23. The van der Waals surface area contributed by atoms with Crippen molar-refractivity contribution >= 4 is 11.8 Å². The number of esters is 1. The average molecular weight is 380 g/mol. The Hall–Kier alpha value is -3.54. The molecule has 0 saturated heterocycles. The molecule has 1 aromatic heterocycles. The van der Waals surface area contributed by atoms with Crippen molar-refractivity contribution in [2.75, 3.05) is 20.3 Å². The van der Waals surface area contributed by atoms with Crippen LogP contribution in [0.3, 0.4) is 0 Å². The lowest BCUT2D eigenvalue weighted by Gasteiger charge is -2.07. The SMILES string of the molecule is COc1ccc(OCCOC(=O)c2ccc(-c3ccc(C(C)=O)cc3)o2)cc1. The molecule has 1 heterocycles. The van der Waals surface area contributed by atoms with Crippen molar-refractivity contribution in [2.45, 2.75) is 6.92 Å². The van der Waals surface area contributed by atoms with Crippen LogP contribution in [0.2, 0.25) is 0 Å². The van der Waals surface area contributed by atoms with Gasteiger partial charge >= 0.3 is 5.97 Å². The second kappa shape index (κ2) is 8.90. The van der Waals surface area contributed by atoms with Gasteiger partial charge in [0.2, 0.25) is 5.76 Å². The number of ether oxygens (including phenoxy) is 3. The van der Waals surface area contributed by atoms with Crippen molar-refractivity contribution in [3.63, 3.8) is 0 Å². The number of benzene rings is 2. The van der Waals surface area contributed by atoms with Gasteiger partial charge in [-0.3, -0.25) is 4.79 Å². The number of methoxy groups -OCH3 is 1. The zero-order valence-corrected chi connectivity index (χ0v) is 15.6. The van der Waals surface area contributed by atoms with Gasteiger partial charge in [0.1, 0.15) is 30.5 Å². The van der Waals surface area contributed by atoms with Gasteiger partial charge in [-0.05, 0) is 43.3 Å². The second-order valence-corrected chi connectivity index (χ2v) is 5.96. The number of hydrogen-bond acceptors (Lipinski definition) is 6. The first-order valence-electron chi connectivity index (χ1n) is 8.72. The van der Waals surface area contributed by atoms with Crippen LogP contribution in [0.4, 0.5) is 0 Å². The van der Waals surface area contributed by atoms with E-state index in [1.165, 1.54) is 6.92 Å². The minimum Gasteiger partial charge on any atom is -0.497 e. The summed E-state index contributed by atoms with van der Waals surface area (Å²) in [5, 5.41) is 0. The topological polar surface area (TPSA) is 75.0 Å². The summed E-state index contributed by atoms with van der Waals surface area (Å²) >= 11 is 0. The van der Waals surface area contributed by atoms with E-state index in [2.05, 4.69) is 0 Å². The Kier molecular flexibility index (Phi) is 6.11. The van der Waals surface area contributed by atoms with Crippen LogP contribution >= 0.6 is 0 Å². The predicted molar refractivity (Wildman–Crippen MR) is 103 cm³/mol. The summed E-state index contributed by atoms with van der Waals surface area (Å²) in [5.41, 5.74) is 1.39. The summed E-state index contributed by atoms with van der Waals surface area (Å²) in [6, 6.07) is 17.3. The smallest absolute Gasteiger partial charge is 0.374 e. The molecule has 6 heteroatoms. The summed E-state index contributed by atoms with van der Waals surface area (Å²) < 4.78 is 21.3. The molecule has 6 nitrogen and oxygen atoms in total. The van der Waals surface area contributed by atoms with Crippen LogP contribution < -0.4 is 9.47 Å². The zero-order valence-electron chi connectivity index (χ0n) is 15.6. The fraction of sp³-hybridized carbons (Fsp3) is 0.182. The maximum Gasteiger partial charge on any atom is 0.374 e. The van der Waals surface area contributed by atoms with Gasteiger partial charge < -0.3 is 18.6 Å². The summed E-state index contributed by atoms with van der Waals surface area (Å²) in [6.45, 7) is 1.82. The Balaban J connectivity index is 1.50. The van der Waals surface area contributed by atoms with Crippen LogP contribution in [-0.2, 0) is 4.74 Å². The van der Waals surface area contributed by atoms with Crippen molar-refractivity contribution in [3.05, 3.63) is 72.0 Å². The summed E-state index contributed by atoms with van der Waals surface area (Å²) in [4.78, 5) is 23.4. The normalized spacial score (nSPS) is 10.4. The number of carbonyl (C=O) groups is 2. The van der Waals surface area contributed by atoms with Crippen molar-refractivity contribution < 1.29 is 28.2 Å². The van der Waals surface area contributed by atoms with Crippen molar-refractivity contribution in [1.82, 2.24) is 0 Å². The maximum atomic E-state index is 12.1. The molecule has 0 aliphatic rings. The largest absolute Gasteiger partial charge is 0.497 e. The van der Waals surface area contributed by atoms with Gasteiger partial charge in [0.15, 0.2) is 5.78 Å². The molecule has 0 atom stereocenters. The number of ketones is 1. The third-order valence-corrected chi connectivity index (χ3v) is 4.03. The third-order valence-electron chi connectivity index (χ3n) is 4.03. The van der Waals surface area contributed by atoms with E-state index in [-0.39, 0.29) is 24.8 Å². The second-order valence-electron chi connectivity index (χ2n) is 5.96. The minimum atomic E-state index is -0.565. The molecule has 0 amide bonds. The van der Waals surface area contributed by atoms with Crippen molar-refractivity contribution in [3.8, 4) is 22.8 Å². The lowest BCUT2D eigenvalue weighted by molar-refractivity contribution is 0.0416. The molecule has 3 rings (SSSR count). The molecule has 0 unspecified atom stereocenters. The first-order chi connectivity index (χ1) is 13.6. The number of hydrogen-bond donors (Lipinski definition) is 0. The summed E-state index contributed by atoms with van der Waals surface area (Å²) in [6.07, 6.45) is 0.